The van der Waals surface area contributed by atoms with Crippen LogP contribution in [-0.2, 0) is 16.6 Å². The van der Waals surface area contributed by atoms with Crippen LogP contribution in [0.5, 0.6) is 0 Å². The first kappa shape index (κ1) is 18.7. The van der Waals surface area contributed by atoms with Gasteiger partial charge in [-0.2, -0.15) is 4.31 Å². The summed E-state index contributed by atoms with van der Waals surface area (Å²) in [5.41, 5.74) is 1.82. The summed E-state index contributed by atoms with van der Waals surface area (Å²) in [5.74, 6) is -0.480. The van der Waals surface area contributed by atoms with Crippen molar-refractivity contribution in [2.75, 3.05) is 6.54 Å². The standard InChI is InChI=1S/C19H18N6O4S/c26-19-23(17-5-1-2-6-18(17)29-19)12-15-4-3-11-25(15)30(27,28)16-9-7-14(8-10-16)24-13-20-21-22-24/h1-2,5-10,13,15H,3-4,11-12H2/t15-/m1/s1. The van der Waals surface area contributed by atoms with Gasteiger partial charge in [-0.05, 0) is 59.7 Å². The molecule has 0 spiro atoms. The molecule has 11 heteroatoms. The van der Waals surface area contributed by atoms with Crippen LogP contribution in [0.3, 0.4) is 0 Å². The molecule has 30 heavy (non-hydrogen) atoms. The molecule has 4 aromatic rings. The molecule has 0 N–H and O–H groups in total. The molecule has 0 radical (unpaired) electrons. The molecule has 0 bridgehead atoms. The molecule has 0 aliphatic carbocycles. The fraction of sp³-hybridized carbons (Fsp3) is 0.263. The Kier molecular flexibility index (Phi) is 4.48. The lowest BCUT2D eigenvalue weighted by Gasteiger charge is -2.24. The highest BCUT2D eigenvalue weighted by molar-refractivity contribution is 7.89. The summed E-state index contributed by atoms with van der Waals surface area (Å²) in [4.78, 5) is 12.5. The Bertz CT molecular complexity index is 1340. The first-order chi connectivity index (χ1) is 14.5. The first-order valence-corrected chi connectivity index (χ1v) is 10.9. The van der Waals surface area contributed by atoms with Gasteiger partial charge in [-0.15, -0.1) is 5.10 Å². The van der Waals surface area contributed by atoms with Crippen molar-refractivity contribution in [2.45, 2.75) is 30.3 Å². The molecule has 2 aromatic heterocycles. The zero-order chi connectivity index (χ0) is 20.7. The van der Waals surface area contributed by atoms with Crippen molar-refractivity contribution in [1.29, 1.82) is 0 Å². The predicted molar refractivity (Wildman–Crippen MR) is 107 cm³/mol. The van der Waals surface area contributed by atoms with Gasteiger partial charge in [0.2, 0.25) is 10.0 Å². The van der Waals surface area contributed by atoms with Crippen molar-refractivity contribution >= 4 is 21.1 Å². The number of rotatable bonds is 5. The van der Waals surface area contributed by atoms with E-state index in [2.05, 4.69) is 15.5 Å². The van der Waals surface area contributed by atoms with Gasteiger partial charge in [0, 0.05) is 19.1 Å². The molecule has 1 fully saturated rings. The largest absolute Gasteiger partial charge is 0.420 e. The van der Waals surface area contributed by atoms with E-state index in [9.17, 15) is 13.2 Å². The molecule has 0 amide bonds. The van der Waals surface area contributed by atoms with E-state index in [1.54, 1.807) is 42.5 Å². The van der Waals surface area contributed by atoms with E-state index >= 15 is 0 Å². The summed E-state index contributed by atoms with van der Waals surface area (Å²) in [6.45, 7) is 0.657. The van der Waals surface area contributed by atoms with Crippen molar-refractivity contribution in [2.24, 2.45) is 0 Å². The van der Waals surface area contributed by atoms with Crippen LogP contribution in [-0.4, -0.2) is 50.1 Å². The average Bonchev–Trinajstić information content (AvgIpc) is 3.50. The van der Waals surface area contributed by atoms with Crippen LogP contribution in [0, 0.1) is 0 Å². The number of para-hydroxylation sites is 2. The molecule has 154 valence electrons. The number of oxazole rings is 1. The van der Waals surface area contributed by atoms with Crippen LogP contribution in [0.1, 0.15) is 12.8 Å². The van der Waals surface area contributed by atoms with Crippen molar-refractivity contribution < 1.29 is 12.8 Å². The van der Waals surface area contributed by atoms with Crippen molar-refractivity contribution in [3.05, 3.63) is 65.4 Å². The van der Waals surface area contributed by atoms with Gasteiger partial charge in [-0.25, -0.2) is 17.9 Å². The third-order valence-corrected chi connectivity index (χ3v) is 7.31. The van der Waals surface area contributed by atoms with Gasteiger partial charge in [-0.1, -0.05) is 12.1 Å². The van der Waals surface area contributed by atoms with E-state index in [-0.39, 0.29) is 17.5 Å². The Morgan fingerprint density at radius 2 is 1.90 bits per heavy atom. The Hall–Kier alpha value is -3.31. The number of sulfonamides is 1. The number of fused-ring (bicyclic) bond motifs is 1. The summed E-state index contributed by atoms with van der Waals surface area (Å²) in [6, 6.07) is 13.2. The van der Waals surface area contributed by atoms with Crippen molar-refractivity contribution in [3.63, 3.8) is 0 Å². The van der Waals surface area contributed by atoms with Gasteiger partial charge >= 0.3 is 5.76 Å². The molecule has 1 saturated heterocycles. The fourth-order valence-corrected chi connectivity index (χ4v) is 5.58. The maximum absolute atomic E-state index is 13.3. The minimum atomic E-state index is -3.72. The number of hydrogen-bond acceptors (Lipinski definition) is 7. The van der Waals surface area contributed by atoms with Gasteiger partial charge in [0.1, 0.15) is 6.33 Å². The Labute approximate surface area is 171 Å². The monoisotopic (exact) mass is 426 g/mol. The van der Waals surface area contributed by atoms with Gasteiger partial charge < -0.3 is 4.42 Å². The van der Waals surface area contributed by atoms with Crippen LogP contribution >= 0.6 is 0 Å². The van der Waals surface area contributed by atoms with Crippen LogP contribution in [0.4, 0.5) is 0 Å². The topological polar surface area (TPSA) is 116 Å². The molecule has 1 atom stereocenters. The smallest absolute Gasteiger partial charge is 0.408 e. The van der Waals surface area contributed by atoms with Gasteiger partial charge in [0.25, 0.3) is 0 Å². The quantitative estimate of drug-likeness (QED) is 0.474. The van der Waals surface area contributed by atoms with Gasteiger partial charge in [0.15, 0.2) is 5.58 Å². The van der Waals surface area contributed by atoms with E-state index in [4.69, 9.17) is 4.42 Å². The summed E-state index contributed by atoms with van der Waals surface area (Å²) in [7, 11) is -3.72. The second kappa shape index (κ2) is 7.18. The van der Waals surface area contributed by atoms with E-state index < -0.39 is 15.8 Å². The fourth-order valence-electron chi connectivity index (χ4n) is 3.89. The van der Waals surface area contributed by atoms with Crippen LogP contribution in [0.25, 0.3) is 16.8 Å². The number of hydrogen-bond donors (Lipinski definition) is 0. The van der Waals surface area contributed by atoms with E-state index in [1.165, 1.54) is 19.9 Å². The summed E-state index contributed by atoms with van der Waals surface area (Å²) in [5, 5.41) is 11.0. The highest BCUT2D eigenvalue weighted by atomic mass is 32.2. The Morgan fingerprint density at radius 3 is 2.67 bits per heavy atom. The molecule has 5 rings (SSSR count). The minimum absolute atomic E-state index is 0.190. The van der Waals surface area contributed by atoms with Crippen LogP contribution < -0.4 is 5.76 Å². The zero-order valence-electron chi connectivity index (χ0n) is 15.8. The zero-order valence-corrected chi connectivity index (χ0v) is 16.6. The molecule has 10 nitrogen and oxygen atoms in total. The van der Waals surface area contributed by atoms with Gasteiger partial charge in [-0.3, -0.25) is 4.57 Å². The normalized spacial score (nSPS) is 17.7. The lowest BCUT2D eigenvalue weighted by atomic mass is 10.2. The van der Waals surface area contributed by atoms with Crippen LogP contribution in [0.2, 0.25) is 0 Å². The second-order valence-corrected chi connectivity index (χ2v) is 9.00. The Balaban J connectivity index is 1.44. The highest BCUT2D eigenvalue weighted by Crippen LogP contribution is 2.28. The van der Waals surface area contributed by atoms with Crippen molar-refractivity contribution in [3.8, 4) is 5.69 Å². The molecule has 0 saturated carbocycles. The number of tetrazole rings is 1. The maximum atomic E-state index is 13.3. The van der Waals surface area contributed by atoms with Crippen molar-refractivity contribution in [1.82, 2.24) is 29.1 Å². The molecule has 3 heterocycles. The lowest BCUT2D eigenvalue weighted by molar-refractivity contribution is 0.344. The van der Waals surface area contributed by atoms with E-state index in [1.807, 2.05) is 6.07 Å². The molecule has 2 aromatic carbocycles. The predicted octanol–water partition coefficient (Wildman–Crippen LogP) is 1.42. The van der Waals surface area contributed by atoms with Gasteiger partial charge in [0.05, 0.1) is 16.1 Å². The van der Waals surface area contributed by atoms with E-state index in [0.717, 1.165) is 6.42 Å². The number of benzene rings is 2. The van der Waals surface area contributed by atoms with Crippen LogP contribution in [0.15, 0.2) is 69.0 Å². The first-order valence-electron chi connectivity index (χ1n) is 9.48. The molecular formula is C19H18N6O4S. The number of nitrogens with zero attached hydrogens (tertiary/aromatic N) is 6. The summed E-state index contributed by atoms with van der Waals surface area (Å²) < 4.78 is 36.3. The molecule has 1 aliphatic heterocycles. The highest BCUT2D eigenvalue weighted by Gasteiger charge is 2.36. The molecule has 0 unspecified atom stereocenters. The second-order valence-electron chi connectivity index (χ2n) is 7.11. The minimum Gasteiger partial charge on any atom is -0.408 e. The Morgan fingerprint density at radius 1 is 1.10 bits per heavy atom. The molecular weight excluding hydrogens is 408 g/mol. The third kappa shape index (κ3) is 3.12. The lowest BCUT2D eigenvalue weighted by Crippen LogP contribution is -2.39. The maximum Gasteiger partial charge on any atom is 0.420 e. The SMILES string of the molecule is O=c1oc2ccccc2n1C[C@H]1CCCN1S(=O)(=O)c1ccc(-n2cnnn2)cc1. The summed E-state index contributed by atoms with van der Waals surface area (Å²) >= 11 is 0. The summed E-state index contributed by atoms with van der Waals surface area (Å²) in [6.07, 6.45) is 2.85. The number of aromatic nitrogens is 5. The third-order valence-electron chi connectivity index (χ3n) is 5.35. The van der Waals surface area contributed by atoms with E-state index in [0.29, 0.717) is 29.8 Å². The molecule has 1 aliphatic rings. The average molecular weight is 426 g/mol.